The standard InChI is InChI=1S/C17H25NO2S/c1-13(16(19)20)15-6-4-14(5-7-15)12-18-9-8-17(2,3)21-11-10-18/h4-7,13H,8-12H2,1-3H3,(H,19,20). The molecule has 0 radical (unpaired) electrons. The van der Waals surface area contributed by atoms with Crippen molar-refractivity contribution in [3.05, 3.63) is 35.4 Å². The summed E-state index contributed by atoms with van der Waals surface area (Å²) in [6.07, 6.45) is 1.21. The fraction of sp³-hybridized carbons (Fsp3) is 0.588. The van der Waals surface area contributed by atoms with Gasteiger partial charge in [0.25, 0.3) is 0 Å². The molecule has 1 N–H and O–H groups in total. The van der Waals surface area contributed by atoms with Crippen molar-refractivity contribution in [2.24, 2.45) is 0 Å². The van der Waals surface area contributed by atoms with Crippen molar-refractivity contribution < 1.29 is 9.90 Å². The molecule has 1 fully saturated rings. The number of carboxylic acid groups (broad SMARTS) is 1. The number of nitrogens with zero attached hydrogens (tertiary/aromatic N) is 1. The Kier molecular flexibility index (Phi) is 5.33. The Hall–Kier alpha value is -1.00. The number of hydrogen-bond donors (Lipinski definition) is 1. The molecule has 0 saturated carbocycles. The lowest BCUT2D eigenvalue weighted by molar-refractivity contribution is -0.138. The molecule has 1 atom stereocenters. The van der Waals surface area contributed by atoms with E-state index in [9.17, 15) is 4.79 Å². The van der Waals surface area contributed by atoms with Gasteiger partial charge in [-0.1, -0.05) is 38.1 Å². The minimum atomic E-state index is -0.769. The number of carboxylic acids is 1. The first-order valence-electron chi connectivity index (χ1n) is 7.55. The van der Waals surface area contributed by atoms with Crippen LogP contribution in [0, 0.1) is 0 Å². The van der Waals surface area contributed by atoms with Crippen molar-refractivity contribution in [3.8, 4) is 0 Å². The van der Waals surface area contributed by atoms with Crippen molar-refractivity contribution in [2.75, 3.05) is 18.8 Å². The van der Waals surface area contributed by atoms with Gasteiger partial charge in [-0.2, -0.15) is 11.8 Å². The monoisotopic (exact) mass is 307 g/mol. The zero-order chi connectivity index (χ0) is 15.5. The first-order chi connectivity index (χ1) is 9.87. The van der Waals surface area contributed by atoms with Gasteiger partial charge in [-0.05, 0) is 31.0 Å². The van der Waals surface area contributed by atoms with E-state index in [1.807, 2.05) is 12.1 Å². The maximum Gasteiger partial charge on any atom is 0.310 e. The Labute approximate surface area is 131 Å². The fourth-order valence-electron chi connectivity index (χ4n) is 2.53. The molecule has 1 saturated heterocycles. The van der Waals surface area contributed by atoms with Crippen LogP contribution in [0.15, 0.2) is 24.3 Å². The van der Waals surface area contributed by atoms with Crippen LogP contribution in [-0.4, -0.2) is 39.6 Å². The predicted octanol–water partition coefficient (Wildman–Crippen LogP) is 3.59. The minimum absolute atomic E-state index is 0.384. The van der Waals surface area contributed by atoms with E-state index in [0.29, 0.717) is 4.75 Å². The zero-order valence-electron chi connectivity index (χ0n) is 13.1. The highest BCUT2D eigenvalue weighted by molar-refractivity contribution is 8.00. The molecular formula is C17H25NO2S. The highest BCUT2D eigenvalue weighted by Gasteiger charge is 2.23. The van der Waals surface area contributed by atoms with Crippen LogP contribution in [0.1, 0.15) is 44.2 Å². The Morgan fingerprint density at radius 1 is 1.33 bits per heavy atom. The number of carbonyl (C=O) groups is 1. The Morgan fingerprint density at radius 3 is 2.62 bits per heavy atom. The molecule has 1 heterocycles. The van der Waals surface area contributed by atoms with Crippen LogP contribution in [0.2, 0.25) is 0 Å². The van der Waals surface area contributed by atoms with E-state index in [1.165, 1.54) is 17.7 Å². The number of hydrogen-bond acceptors (Lipinski definition) is 3. The second-order valence-corrected chi connectivity index (χ2v) is 8.24. The van der Waals surface area contributed by atoms with E-state index >= 15 is 0 Å². The normalized spacial score (nSPS) is 20.7. The summed E-state index contributed by atoms with van der Waals surface area (Å²) in [5.74, 6) is -0.0230. The van der Waals surface area contributed by atoms with Gasteiger partial charge in [-0.15, -0.1) is 0 Å². The summed E-state index contributed by atoms with van der Waals surface area (Å²) in [6.45, 7) is 9.59. The summed E-state index contributed by atoms with van der Waals surface area (Å²) in [7, 11) is 0. The Bertz CT molecular complexity index is 484. The third-order valence-corrected chi connectivity index (χ3v) is 5.56. The number of rotatable bonds is 4. The van der Waals surface area contributed by atoms with Crippen molar-refractivity contribution in [1.82, 2.24) is 4.90 Å². The van der Waals surface area contributed by atoms with Gasteiger partial charge in [0, 0.05) is 23.6 Å². The summed E-state index contributed by atoms with van der Waals surface area (Å²) >= 11 is 2.06. The van der Waals surface area contributed by atoms with Gasteiger partial charge < -0.3 is 5.11 Å². The second kappa shape index (κ2) is 6.84. The summed E-state index contributed by atoms with van der Waals surface area (Å²) in [5, 5.41) is 9.04. The SMILES string of the molecule is CC(C(=O)O)c1ccc(CN2CCSC(C)(C)CC2)cc1. The molecule has 4 heteroatoms. The van der Waals surface area contributed by atoms with Crippen LogP contribution < -0.4 is 0 Å². The maximum atomic E-state index is 11.0. The van der Waals surface area contributed by atoms with Crippen LogP contribution in [0.5, 0.6) is 0 Å². The third kappa shape index (κ3) is 4.75. The van der Waals surface area contributed by atoms with E-state index in [2.05, 4.69) is 42.6 Å². The van der Waals surface area contributed by atoms with Crippen LogP contribution in [0.4, 0.5) is 0 Å². The predicted molar refractivity (Wildman–Crippen MR) is 88.9 cm³/mol. The smallest absolute Gasteiger partial charge is 0.310 e. The summed E-state index contributed by atoms with van der Waals surface area (Å²) in [4.78, 5) is 13.5. The first-order valence-corrected chi connectivity index (χ1v) is 8.54. The third-order valence-electron chi connectivity index (χ3n) is 4.19. The molecule has 1 aliphatic rings. The van der Waals surface area contributed by atoms with Crippen molar-refractivity contribution in [3.63, 3.8) is 0 Å². The zero-order valence-corrected chi connectivity index (χ0v) is 13.9. The lowest BCUT2D eigenvalue weighted by Gasteiger charge is -2.22. The largest absolute Gasteiger partial charge is 0.481 e. The van der Waals surface area contributed by atoms with Gasteiger partial charge in [0.1, 0.15) is 0 Å². The van der Waals surface area contributed by atoms with Gasteiger partial charge in [0.15, 0.2) is 0 Å². The van der Waals surface area contributed by atoms with Crippen LogP contribution in [0.3, 0.4) is 0 Å². The minimum Gasteiger partial charge on any atom is -0.481 e. The van der Waals surface area contributed by atoms with Gasteiger partial charge >= 0.3 is 5.97 Å². The highest BCUT2D eigenvalue weighted by atomic mass is 32.2. The van der Waals surface area contributed by atoms with Crippen molar-refractivity contribution in [1.29, 1.82) is 0 Å². The van der Waals surface area contributed by atoms with E-state index in [1.54, 1.807) is 6.92 Å². The molecule has 0 aliphatic carbocycles. The molecule has 0 amide bonds. The molecule has 0 aromatic heterocycles. The summed E-state index contributed by atoms with van der Waals surface area (Å²) in [6, 6.07) is 8.03. The van der Waals surface area contributed by atoms with Crippen molar-refractivity contribution >= 4 is 17.7 Å². The van der Waals surface area contributed by atoms with E-state index in [0.717, 1.165) is 25.2 Å². The average molecular weight is 307 g/mol. The number of aliphatic carboxylic acids is 1. The molecule has 116 valence electrons. The maximum absolute atomic E-state index is 11.0. The van der Waals surface area contributed by atoms with Crippen molar-refractivity contribution in [2.45, 2.75) is 44.4 Å². The number of benzene rings is 1. The fourth-order valence-corrected chi connectivity index (χ4v) is 3.67. The van der Waals surface area contributed by atoms with E-state index < -0.39 is 11.9 Å². The molecular weight excluding hydrogens is 282 g/mol. The van der Waals surface area contributed by atoms with Crippen LogP contribution in [-0.2, 0) is 11.3 Å². The molecule has 2 rings (SSSR count). The van der Waals surface area contributed by atoms with E-state index in [4.69, 9.17) is 5.11 Å². The molecule has 0 bridgehead atoms. The summed E-state index contributed by atoms with van der Waals surface area (Å²) < 4.78 is 0.384. The lowest BCUT2D eigenvalue weighted by atomic mass is 10.00. The Morgan fingerprint density at radius 2 is 2.00 bits per heavy atom. The quantitative estimate of drug-likeness (QED) is 0.923. The second-order valence-electron chi connectivity index (χ2n) is 6.44. The lowest BCUT2D eigenvalue weighted by Crippen LogP contribution is -2.26. The van der Waals surface area contributed by atoms with Crippen LogP contribution in [0.25, 0.3) is 0 Å². The molecule has 1 aromatic carbocycles. The molecule has 3 nitrogen and oxygen atoms in total. The van der Waals surface area contributed by atoms with Gasteiger partial charge in [0.05, 0.1) is 5.92 Å². The molecule has 1 unspecified atom stereocenters. The summed E-state index contributed by atoms with van der Waals surface area (Å²) in [5.41, 5.74) is 2.14. The highest BCUT2D eigenvalue weighted by Crippen LogP contribution is 2.31. The molecule has 21 heavy (non-hydrogen) atoms. The first kappa shape index (κ1) is 16.4. The van der Waals surface area contributed by atoms with Gasteiger partial charge in [-0.25, -0.2) is 0 Å². The van der Waals surface area contributed by atoms with Gasteiger partial charge in [0.2, 0.25) is 0 Å². The molecule has 1 aromatic rings. The molecule has 0 spiro atoms. The Balaban J connectivity index is 1.96. The average Bonchev–Trinajstić information content (AvgIpc) is 2.60. The number of thioether (sulfide) groups is 1. The van der Waals surface area contributed by atoms with Crippen LogP contribution >= 0.6 is 11.8 Å². The van der Waals surface area contributed by atoms with E-state index in [-0.39, 0.29) is 0 Å². The topological polar surface area (TPSA) is 40.5 Å². The molecule has 1 aliphatic heterocycles. The van der Waals surface area contributed by atoms with Gasteiger partial charge in [-0.3, -0.25) is 9.69 Å².